The number of rotatable bonds is 5. The van der Waals surface area contributed by atoms with E-state index in [0.29, 0.717) is 31.5 Å². The maximum absolute atomic E-state index is 5.43. The first kappa shape index (κ1) is 9.73. The molecule has 0 aromatic carbocycles. The molecule has 0 radical (unpaired) electrons. The fourth-order valence-electron chi connectivity index (χ4n) is 0.782. The lowest BCUT2D eigenvalue weighted by Gasteiger charge is -2.04. The predicted molar refractivity (Wildman–Crippen MR) is 48.4 cm³/mol. The van der Waals surface area contributed by atoms with Gasteiger partial charge < -0.3 is 15.2 Å². The van der Waals surface area contributed by atoms with Crippen LogP contribution in [0.15, 0.2) is 12.4 Å². The first-order valence-corrected chi connectivity index (χ1v) is 4.11. The van der Waals surface area contributed by atoms with Crippen molar-refractivity contribution >= 4 is 5.82 Å². The first-order valence-electron chi connectivity index (χ1n) is 4.11. The molecule has 0 aliphatic rings. The number of nitrogen functional groups attached to an aromatic ring is 1. The van der Waals surface area contributed by atoms with Crippen LogP contribution in [0.5, 0.6) is 5.88 Å². The molecule has 0 spiro atoms. The molecule has 1 heterocycles. The summed E-state index contributed by atoms with van der Waals surface area (Å²) in [7, 11) is 0. The SMILES string of the molecule is CCOCCOc1cc(N)ncn1. The molecule has 5 nitrogen and oxygen atoms in total. The van der Waals surface area contributed by atoms with Crippen LogP contribution in [0.25, 0.3) is 0 Å². The molecular weight excluding hydrogens is 170 g/mol. The van der Waals surface area contributed by atoms with Crippen molar-refractivity contribution in [2.45, 2.75) is 6.92 Å². The topological polar surface area (TPSA) is 70.3 Å². The van der Waals surface area contributed by atoms with Gasteiger partial charge in [-0.25, -0.2) is 9.97 Å². The largest absolute Gasteiger partial charge is 0.475 e. The molecule has 0 fully saturated rings. The van der Waals surface area contributed by atoms with Gasteiger partial charge in [0.1, 0.15) is 18.8 Å². The van der Waals surface area contributed by atoms with Crippen LogP contribution in [-0.4, -0.2) is 29.8 Å². The average molecular weight is 183 g/mol. The molecule has 72 valence electrons. The Morgan fingerprint density at radius 3 is 2.92 bits per heavy atom. The number of nitrogens with two attached hydrogens (primary N) is 1. The first-order chi connectivity index (χ1) is 6.33. The summed E-state index contributed by atoms with van der Waals surface area (Å²) < 4.78 is 10.3. The summed E-state index contributed by atoms with van der Waals surface area (Å²) in [6, 6.07) is 1.58. The molecule has 1 aromatic rings. The maximum Gasteiger partial charge on any atom is 0.218 e. The Kier molecular flexibility index (Phi) is 3.98. The van der Waals surface area contributed by atoms with Crippen molar-refractivity contribution in [3.05, 3.63) is 12.4 Å². The Morgan fingerprint density at radius 2 is 2.23 bits per heavy atom. The van der Waals surface area contributed by atoms with E-state index in [-0.39, 0.29) is 0 Å². The third-order valence-electron chi connectivity index (χ3n) is 1.34. The molecule has 2 N–H and O–H groups in total. The summed E-state index contributed by atoms with van der Waals surface area (Å²) in [6.45, 7) is 3.66. The third-order valence-corrected chi connectivity index (χ3v) is 1.34. The van der Waals surface area contributed by atoms with E-state index in [2.05, 4.69) is 9.97 Å². The van der Waals surface area contributed by atoms with Gasteiger partial charge in [-0.2, -0.15) is 0 Å². The monoisotopic (exact) mass is 183 g/mol. The molecule has 0 atom stereocenters. The molecule has 0 amide bonds. The van der Waals surface area contributed by atoms with Gasteiger partial charge in [0, 0.05) is 12.7 Å². The second-order valence-corrected chi connectivity index (χ2v) is 2.33. The Hall–Kier alpha value is -1.36. The van der Waals surface area contributed by atoms with Gasteiger partial charge in [0.05, 0.1) is 6.61 Å². The lowest BCUT2D eigenvalue weighted by Crippen LogP contribution is -2.07. The second kappa shape index (κ2) is 5.31. The minimum absolute atomic E-state index is 0.404. The number of anilines is 1. The van der Waals surface area contributed by atoms with Crippen LogP contribution in [0.4, 0.5) is 5.82 Å². The summed E-state index contributed by atoms with van der Waals surface area (Å²) in [6.07, 6.45) is 1.37. The number of aromatic nitrogens is 2. The van der Waals surface area contributed by atoms with Gasteiger partial charge >= 0.3 is 0 Å². The molecule has 0 bridgehead atoms. The van der Waals surface area contributed by atoms with E-state index in [1.165, 1.54) is 6.33 Å². The lowest BCUT2D eigenvalue weighted by atomic mass is 10.6. The highest BCUT2D eigenvalue weighted by molar-refractivity contribution is 5.30. The van der Waals surface area contributed by atoms with Crippen LogP contribution in [-0.2, 0) is 4.74 Å². The average Bonchev–Trinajstić information content (AvgIpc) is 2.13. The molecular formula is C8H13N3O2. The van der Waals surface area contributed by atoms with Crippen LogP contribution in [0.1, 0.15) is 6.92 Å². The van der Waals surface area contributed by atoms with E-state index in [1.54, 1.807) is 6.07 Å². The molecule has 0 unspecified atom stereocenters. The van der Waals surface area contributed by atoms with Crippen LogP contribution in [0, 0.1) is 0 Å². The van der Waals surface area contributed by atoms with Gasteiger partial charge in [-0.15, -0.1) is 0 Å². The van der Waals surface area contributed by atoms with Crippen molar-refractivity contribution in [3.8, 4) is 5.88 Å². The third kappa shape index (κ3) is 3.71. The summed E-state index contributed by atoms with van der Waals surface area (Å²) >= 11 is 0. The van der Waals surface area contributed by atoms with Gasteiger partial charge in [-0.3, -0.25) is 0 Å². The Morgan fingerprint density at radius 1 is 1.38 bits per heavy atom. The van der Waals surface area contributed by atoms with E-state index < -0.39 is 0 Å². The highest BCUT2D eigenvalue weighted by Gasteiger charge is 1.95. The maximum atomic E-state index is 5.43. The van der Waals surface area contributed by atoms with Crippen molar-refractivity contribution in [3.63, 3.8) is 0 Å². The smallest absolute Gasteiger partial charge is 0.218 e. The highest BCUT2D eigenvalue weighted by Crippen LogP contribution is 2.06. The van der Waals surface area contributed by atoms with Crippen molar-refractivity contribution in [2.75, 3.05) is 25.6 Å². The number of nitrogens with zero attached hydrogens (tertiary/aromatic N) is 2. The van der Waals surface area contributed by atoms with E-state index in [4.69, 9.17) is 15.2 Å². The van der Waals surface area contributed by atoms with Crippen molar-refractivity contribution < 1.29 is 9.47 Å². The van der Waals surface area contributed by atoms with E-state index in [9.17, 15) is 0 Å². The fourth-order valence-corrected chi connectivity index (χ4v) is 0.782. The standard InChI is InChI=1S/C8H13N3O2/c1-2-12-3-4-13-8-5-7(9)10-6-11-8/h5-6H,2-4H2,1H3,(H2,9,10,11). The fraction of sp³-hybridized carbons (Fsp3) is 0.500. The zero-order valence-electron chi connectivity index (χ0n) is 7.56. The summed E-state index contributed by atoms with van der Waals surface area (Å²) in [5, 5.41) is 0. The van der Waals surface area contributed by atoms with Crippen LogP contribution in [0.2, 0.25) is 0 Å². The molecule has 0 aliphatic heterocycles. The molecule has 0 saturated carbocycles. The quantitative estimate of drug-likeness (QED) is 0.672. The summed E-state index contributed by atoms with van der Waals surface area (Å²) in [5.41, 5.74) is 5.43. The molecule has 1 rings (SSSR count). The molecule has 1 aromatic heterocycles. The second-order valence-electron chi connectivity index (χ2n) is 2.33. The molecule has 5 heteroatoms. The van der Waals surface area contributed by atoms with Gasteiger partial charge in [0.2, 0.25) is 5.88 Å². The normalized spacial score (nSPS) is 9.92. The van der Waals surface area contributed by atoms with Gasteiger partial charge in [0.25, 0.3) is 0 Å². The van der Waals surface area contributed by atoms with E-state index >= 15 is 0 Å². The van der Waals surface area contributed by atoms with Crippen molar-refractivity contribution in [1.82, 2.24) is 9.97 Å². The van der Waals surface area contributed by atoms with Crippen molar-refractivity contribution in [2.24, 2.45) is 0 Å². The molecule has 13 heavy (non-hydrogen) atoms. The lowest BCUT2D eigenvalue weighted by molar-refractivity contribution is 0.108. The number of hydrogen-bond donors (Lipinski definition) is 1. The summed E-state index contributed by atoms with van der Waals surface area (Å²) in [5.74, 6) is 0.883. The Bertz CT molecular complexity index is 255. The predicted octanol–water partition coefficient (Wildman–Crippen LogP) is 0.474. The van der Waals surface area contributed by atoms with Gasteiger partial charge in [-0.05, 0) is 6.92 Å². The molecule has 0 aliphatic carbocycles. The van der Waals surface area contributed by atoms with Gasteiger partial charge in [0.15, 0.2) is 0 Å². The van der Waals surface area contributed by atoms with Crippen LogP contribution < -0.4 is 10.5 Å². The minimum Gasteiger partial charge on any atom is -0.475 e. The number of hydrogen-bond acceptors (Lipinski definition) is 5. The van der Waals surface area contributed by atoms with Crippen LogP contribution in [0.3, 0.4) is 0 Å². The summed E-state index contributed by atoms with van der Waals surface area (Å²) in [4.78, 5) is 7.61. The Balaban J connectivity index is 2.28. The highest BCUT2D eigenvalue weighted by atomic mass is 16.5. The minimum atomic E-state index is 0.404. The van der Waals surface area contributed by atoms with Crippen LogP contribution >= 0.6 is 0 Å². The molecule has 0 saturated heterocycles. The van der Waals surface area contributed by atoms with Crippen molar-refractivity contribution in [1.29, 1.82) is 0 Å². The Labute approximate surface area is 76.9 Å². The van der Waals surface area contributed by atoms with E-state index in [1.807, 2.05) is 6.92 Å². The van der Waals surface area contributed by atoms with E-state index in [0.717, 1.165) is 0 Å². The number of ether oxygens (including phenoxy) is 2. The van der Waals surface area contributed by atoms with Gasteiger partial charge in [-0.1, -0.05) is 0 Å². The zero-order valence-corrected chi connectivity index (χ0v) is 7.56. The zero-order chi connectivity index (χ0) is 9.52.